The third-order valence-electron chi connectivity index (χ3n) is 11.8. The van der Waals surface area contributed by atoms with Gasteiger partial charge in [-0.05, 0) is 92.9 Å². The van der Waals surface area contributed by atoms with E-state index in [-0.39, 0.29) is 10.8 Å². The van der Waals surface area contributed by atoms with Crippen LogP contribution in [-0.2, 0) is 10.8 Å². The van der Waals surface area contributed by atoms with Crippen LogP contribution in [0, 0.1) is 6.92 Å². The van der Waals surface area contributed by atoms with Crippen LogP contribution in [0.15, 0.2) is 150 Å². The van der Waals surface area contributed by atoms with Crippen LogP contribution in [0.3, 0.4) is 0 Å². The monoisotopic (exact) mass is 657 g/mol. The highest BCUT2D eigenvalue weighted by Crippen LogP contribution is 2.55. The van der Waals surface area contributed by atoms with Crippen molar-refractivity contribution < 1.29 is 4.42 Å². The molecule has 0 N–H and O–H groups in total. The number of hydrogen-bond acceptors (Lipinski definition) is 2. The minimum absolute atomic E-state index is 0.103. The van der Waals surface area contributed by atoms with Gasteiger partial charge in [0.25, 0.3) is 0 Å². The van der Waals surface area contributed by atoms with Crippen molar-refractivity contribution in [1.82, 2.24) is 0 Å². The van der Waals surface area contributed by atoms with Gasteiger partial charge in [-0.25, -0.2) is 0 Å². The molecule has 0 saturated carbocycles. The molecule has 2 nitrogen and oxygen atoms in total. The number of aryl methyl sites for hydroxylation is 1. The first kappa shape index (κ1) is 30.0. The zero-order valence-electron chi connectivity index (χ0n) is 29.7. The van der Waals surface area contributed by atoms with E-state index in [0.717, 1.165) is 33.6 Å². The van der Waals surface area contributed by atoms with Gasteiger partial charge < -0.3 is 9.32 Å². The van der Waals surface area contributed by atoms with E-state index < -0.39 is 0 Å². The molecule has 0 radical (unpaired) electrons. The number of furan rings is 1. The molecule has 2 aliphatic rings. The molecule has 51 heavy (non-hydrogen) atoms. The molecule has 0 aliphatic heterocycles. The summed E-state index contributed by atoms with van der Waals surface area (Å²) in [5.41, 5.74) is 19.1. The maximum absolute atomic E-state index is 7.22. The highest BCUT2D eigenvalue weighted by molar-refractivity contribution is 6.16. The van der Waals surface area contributed by atoms with Crippen molar-refractivity contribution in [3.8, 4) is 33.4 Å². The van der Waals surface area contributed by atoms with E-state index in [1.807, 2.05) is 0 Å². The molecule has 7 aromatic carbocycles. The molecule has 0 fully saturated rings. The Labute approximate surface area is 299 Å². The van der Waals surface area contributed by atoms with Gasteiger partial charge in [-0.1, -0.05) is 143 Å². The molecule has 10 rings (SSSR count). The van der Waals surface area contributed by atoms with Crippen LogP contribution in [-0.4, -0.2) is 0 Å². The molecule has 0 saturated heterocycles. The highest BCUT2D eigenvalue weighted by Gasteiger charge is 2.39. The second kappa shape index (κ2) is 10.6. The van der Waals surface area contributed by atoms with E-state index in [2.05, 4.69) is 185 Å². The molecule has 2 heteroatoms. The van der Waals surface area contributed by atoms with E-state index in [4.69, 9.17) is 4.42 Å². The van der Waals surface area contributed by atoms with Crippen molar-refractivity contribution in [3.63, 3.8) is 0 Å². The molecule has 8 aromatic rings. The summed E-state index contributed by atoms with van der Waals surface area (Å²) in [6, 6.07) is 53.3. The molecule has 0 bridgehead atoms. The lowest BCUT2D eigenvalue weighted by Crippen LogP contribution is -2.16. The van der Waals surface area contributed by atoms with Crippen LogP contribution in [0.5, 0.6) is 0 Å². The smallest absolute Gasteiger partial charge is 0.159 e. The number of fused-ring (bicyclic) bond motifs is 10. The SMILES string of the molecule is Cc1cc2c(c3oc4c(N(c5ccc(-c6ccccc6)cc5)c5ccc6c(c5)C(C)(C)c5ccccc5-6)cccc4c13)-c1ccccc1C2(C)C. The Bertz CT molecular complexity index is 2690. The average molecular weight is 658 g/mol. The Balaban J connectivity index is 1.22. The number of hydrogen-bond donors (Lipinski definition) is 0. The zero-order valence-corrected chi connectivity index (χ0v) is 29.7. The van der Waals surface area contributed by atoms with Crippen LogP contribution < -0.4 is 4.90 Å². The molecule has 0 unspecified atom stereocenters. The second-order valence-electron chi connectivity index (χ2n) is 15.4. The van der Waals surface area contributed by atoms with Crippen molar-refractivity contribution in [2.24, 2.45) is 0 Å². The Morgan fingerprint density at radius 1 is 0.471 bits per heavy atom. The van der Waals surface area contributed by atoms with Gasteiger partial charge in [0.2, 0.25) is 0 Å². The topological polar surface area (TPSA) is 16.4 Å². The maximum Gasteiger partial charge on any atom is 0.159 e. The minimum Gasteiger partial charge on any atom is -0.453 e. The molecule has 1 aromatic heterocycles. The lowest BCUT2D eigenvalue weighted by atomic mass is 9.81. The largest absolute Gasteiger partial charge is 0.453 e. The third-order valence-corrected chi connectivity index (χ3v) is 11.8. The van der Waals surface area contributed by atoms with Crippen molar-refractivity contribution in [2.75, 3.05) is 4.90 Å². The van der Waals surface area contributed by atoms with Crippen LogP contribution in [0.4, 0.5) is 17.1 Å². The van der Waals surface area contributed by atoms with Gasteiger partial charge in [0, 0.05) is 38.5 Å². The predicted molar refractivity (Wildman–Crippen MR) is 214 cm³/mol. The van der Waals surface area contributed by atoms with Crippen LogP contribution >= 0.6 is 0 Å². The van der Waals surface area contributed by atoms with Gasteiger partial charge >= 0.3 is 0 Å². The predicted octanol–water partition coefficient (Wildman–Crippen LogP) is 13.6. The molecular formula is C49H39NO. The van der Waals surface area contributed by atoms with Gasteiger partial charge in [-0.15, -0.1) is 0 Å². The van der Waals surface area contributed by atoms with Crippen LogP contribution in [0.2, 0.25) is 0 Å². The Hall–Kier alpha value is -5.86. The summed E-state index contributed by atoms with van der Waals surface area (Å²) in [5, 5.41) is 2.34. The molecule has 2 aliphatic carbocycles. The van der Waals surface area contributed by atoms with Gasteiger partial charge in [0.05, 0.1) is 5.69 Å². The summed E-state index contributed by atoms with van der Waals surface area (Å²) in [7, 11) is 0. The molecule has 1 heterocycles. The van der Waals surface area contributed by atoms with Gasteiger partial charge in [-0.3, -0.25) is 0 Å². The Morgan fingerprint density at radius 3 is 1.84 bits per heavy atom. The average Bonchev–Trinajstić information content (AvgIpc) is 3.74. The van der Waals surface area contributed by atoms with Gasteiger partial charge in [0.1, 0.15) is 5.58 Å². The summed E-state index contributed by atoms with van der Waals surface area (Å²) in [6.45, 7) is 11.6. The second-order valence-corrected chi connectivity index (χ2v) is 15.4. The van der Waals surface area contributed by atoms with E-state index in [9.17, 15) is 0 Å². The summed E-state index contributed by atoms with van der Waals surface area (Å²) in [5.74, 6) is 0. The van der Waals surface area contributed by atoms with Gasteiger partial charge in [-0.2, -0.15) is 0 Å². The van der Waals surface area contributed by atoms with Crippen molar-refractivity contribution in [1.29, 1.82) is 0 Å². The fourth-order valence-electron chi connectivity index (χ4n) is 9.17. The van der Waals surface area contributed by atoms with E-state index in [1.54, 1.807) is 0 Å². The fourth-order valence-corrected chi connectivity index (χ4v) is 9.17. The molecule has 0 amide bonds. The van der Waals surface area contributed by atoms with E-state index in [0.29, 0.717) is 0 Å². The van der Waals surface area contributed by atoms with E-state index >= 15 is 0 Å². The summed E-state index contributed by atoms with van der Waals surface area (Å²) >= 11 is 0. The number of anilines is 3. The number of rotatable bonds is 4. The fraction of sp³-hybridized carbons (Fsp3) is 0.143. The molecular weight excluding hydrogens is 619 g/mol. The van der Waals surface area contributed by atoms with Crippen molar-refractivity contribution >= 4 is 39.0 Å². The standard InChI is InChI=1S/C49H39NO/c1-30-28-42-45(37-17-10-12-20-40(37)49(42,4)5)47-44(30)38-18-13-21-43(46(38)51-47)50(33-24-22-32(23-25-33)31-14-7-6-8-15-31)34-26-27-36-35-16-9-11-19-39(35)48(2,3)41(36)29-34/h6-29H,1-5H3. The van der Waals surface area contributed by atoms with Crippen LogP contribution in [0.25, 0.3) is 55.3 Å². The summed E-state index contributed by atoms with van der Waals surface area (Å²) < 4.78 is 7.22. The summed E-state index contributed by atoms with van der Waals surface area (Å²) in [6.07, 6.45) is 0. The molecule has 0 atom stereocenters. The Kier molecular flexibility index (Phi) is 6.22. The minimum atomic E-state index is -0.117. The van der Waals surface area contributed by atoms with Crippen molar-refractivity contribution in [3.05, 3.63) is 173 Å². The number of para-hydroxylation sites is 1. The summed E-state index contributed by atoms with van der Waals surface area (Å²) in [4.78, 5) is 2.40. The number of benzene rings is 7. The first-order valence-corrected chi connectivity index (χ1v) is 18.0. The normalized spacial score (nSPS) is 14.7. The van der Waals surface area contributed by atoms with Gasteiger partial charge in [0.15, 0.2) is 5.58 Å². The third kappa shape index (κ3) is 4.17. The lowest BCUT2D eigenvalue weighted by Gasteiger charge is -2.28. The first-order chi connectivity index (χ1) is 24.7. The lowest BCUT2D eigenvalue weighted by molar-refractivity contribution is 0.652. The Morgan fingerprint density at radius 2 is 1.08 bits per heavy atom. The zero-order chi connectivity index (χ0) is 34.6. The van der Waals surface area contributed by atoms with Crippen LogP contribution in [0.1, 0.15) is 55.5 Å². The van der Waals surface area contributed by atoms with Crippen molar-refractivity contribution in [2.45, 2.75) is 45.4 Å². The first-order valence-electron chi connectivity index (χ1n) is 18.0. The van der Waals surface area contributed by atoms with E-state index in [1.165, 1.54) is 66.6 Å². The maximum atomic E-state index is 7.22. The quantitative estimate of drug-likeness (QED) is 0.187. The molecule has 246 valence electrons. The molecule has 0 spiro atoms. The number of nitrogens with zero attached hydrogens (tertiary/aromatic N) is 1. The highest BCUT2D eigenvalue weighted by atomic mass is 16.3.